The normalized spacial score (nSPS) is 12.5. The van der Waals surface area contributed by atoms with E-state index in [9.17, 15) is 0 Å². The SMILES string of the molecule is CC(C)c1ccc2c(c1)oc1c(-c3cc(C(C)(C)C)c4ccccc4c3)nccc12. The fourth-order valence-corrected chi connectivity index (χ4v) is 4.35. The van der Waals surface area contributed by atoms with Gasteiger partial charge in [-0.15, -0.1) is 0 Å². The maximum Gasteiger partial charge on any atom is 0.161 e. The van der Waals surface area contributed by atoms with Crippen molar-refractivity contribution in [3.63, 3.8) is 0 Å². The Morgan fingerprint density at radius 1 is 0.833 bits per heavy atom. The van der Waals surface area contributed by atoms with Crippen molar-refractivity contribution in [1.82, 2.24) is 4.98 Å². The molecule has 0 fully saturated rings. The summed E-state index contributed by atoms with van der Waals surface area (Å²) in [6, 6.07) is 21.7. The molecule has 0 N–H and O–H groups in total. The minimum Gasteiger partial charge on any atom is -0.454 e. The second kappa shape index (κ2) is 6.70. The standard InChI is InChI=1S/C28H27NO/c1-17(2)18-10-11-22-23-12-13-29-26(27(23)30-25(22)16-18)20-14-19-8-6-7-9-21(19)24(15-20)28(3,4)5/h6-17H,1-5H3. The van der Waals surface area contributed by atoms with Gasteiger partial charge < -0.3 is 4.42 Å². The van der Waals surface area contributed by atoms with Crippen LogP contribution in [0.4, 0.5) is 0 Å². The second-order valence-electron chi connectivity index (χ2n) is 9.54. The van der Waals surface area contributed by atoms with Crippen LogP contribution in [0.15, 0.2) is 71.3 Å². The molecule has 0 radical (unpaired) electrons. The molecule has 0 spiro atoms. The Balaban J connectivity index is 1.81. The average molecular weight is 394 g/mol. The largest absolute Gasteiger partial charge is 0.454 e. The molecule has 0 aliphatic rings. The lowest BCUT2D eigenvalue weighted by molar-refractivity contribution is 0.596. The molecule has 0 saturated carbocycles. The molecule has 5 aromatic rings. The molecule has 0 unspecified atom stereocenters. The Labute approximate surface area is 177 Å². The van der Waals surface area contributed by atoms with Gasteiger partial charge in [0, 0.05) is 22.5 Å². The maximum absolute atomic E-state index is 6.40. The number of pyridine rings is 1. The van der Waals surface area contributed by atoms with Crippen LogP contribution in [0.25, 0.3) is 44.0 Å². The zero-order valence-electron chi connectivity index (χ0n) is 18.3. The summed E-state index contributed by atoms with van der Waals surface area (Å²) in [6.45, 7) is 11.2. The van der Waals surface area contributed by atoms with E-state index in [4.69, 9.17) is 9.40 Å². The Morgan fingerprint density at radius 2 is 1.63 bits per heavy atom. The van der Waals surface area contributed by atoms with Gasteiger partial charge in [-0.1, -0.05) is 71.0 Å². The quantitative estimate of drug-likeness (QED) is 0.302. The maximum atomic E-state index is 6.40. The number of aromatic nitrogens is 1. The van der Waals surface area contributed by atoms with E-state index in [2.05, 4.69) is 95.3 Å². The third-order valence-electron chi connectivity index (χ3n) is 6.02. The van der Waals surface area contributed by atoms with E-state index in [1.807, 2.05) is 6.20 Å². The van der Waals surface area contributed by atoms with Crippen LogP contribution in [0.5, 0.6) is 0 Å². The third kappa shape index (κ3) is 2.99. The first-order valence-corrected chi connectivity index (χ1v) is 10.7. The van der Waals surface area contributed by atoms with E-state index in [1.165, 1.54) is 21.9 Å². The Morgan fingerprint density at radius 3 is 2.40 bits per heavy atom. The number of rotatable bonds is 2. The van der Waals surface area contributed by atoms with E-state index in [0.717, 1.165) is 33.2 Å². The molecule has 2 heterocycles. The molecule has 5 rings (SSSR count). The van der Waals surface area contributed by atoms with Crippen LogP contribution >= 0.6 is 0 Å². The van der Waals surface area contributed by atoms with Gasteiger partial charge >= 0.3 is 0 Å². The van der Waals surface area contributed by atoms with E-state index in [0.29, 0.717) is 5.92 Å². The molecule has 3 aromatic carbocycles. The second-order valence-corrected chi connectivity index (χ2v) is 9.54. The van der Waals surface area contributed by atoms with Crippen LogP contribution in [0.2, 0.25) is 0 Å². The van der Waals surface area contributed by atoms with E-state index < -0.39 is 0 Å². The van der Waals surface area contributed by atoms with Crippen LogP contribution in [-0.2, 0) is 5.41 Å². The lowest BCUT2D eigenvalue weighted by Crippen LogP contribution is -2.12. The molecule has 0 aliphatic heterocycles. The lowest BCUT2D eigenvalue weighted by atomic mass is 9.82. The van der Waals surface area contributed by atoms with Crippen molar-refractivity contribution in [1.29, 1.82) is 0 Å². The predicted octanol–water partition coefficient (Wildman–Crippen LogP) is 8.22. The van der Waals surface area contributed by atoms with E-state index in [-0.39, 0.29) is 5.41 Å². The van der Waals surface area contributed by atoms with Gasteiger partial charge in [-0.2, -0.15) is 0 Å². The highest BCUT2D eigenvalue weighted by molar-refractivity contribution is 6.09. The van der Waals surface area contributed by atoms with Crippen molar-refractivity contribution >= 4 is 32.7 Å². The van der Waals surface area contributed by atoms with Crippen molar-refractivity contribution in [2.24, 2.45) is 0 Å². The number of nitrogens with zero attached hydrogens (tertiary/aromatic N) is 1. The summed E-state index contributed by atoms with van der Waals surface area (Å²) in [5, 5.41) is 4.80. The molecule has 30 heavy (non-hydrogen) atoms. The van der Waals surface area contributed by atoms with Gasteiger partial charge in [-0.05, 0) is 57.5 Å². The minimum absolute atomic E-state index is 0.0313. The number of hydrogen-bond donors (Lipinski definition) is 0. The Bertz CT molecular complexity index is 1400. The zero-order valence-corrected chi connectivity index (χ0v) is 18.3. The number of benzene rings is 3. The summed E-state index contributed by atoms with van der Waals surface area (Å²) in [4.78, 5) is 4.77. The van der Waals surface area contributed by atoms with Gasteiger partial charge in [0.15, 0.2) is 5.58 Å². The first-order chi connectivity index (χ1) is 14.3. The van der Waals surface area contributed by atoms with Crippen molar-refractivity contribution < 1.29 is 4.42 Å². The van der Waals surface area contributed by atoms with Crippen molar-refractivity contribution in [3.05, 3.63) is 78.0 Å². The van der Waals surface area contributed by atoms with Gasteiger partial charge in [-0.25, -0.2) is 0 Å². The molecule has 0 amide bonds. The molecule has 2 aromatic heterocycles. The molecular weight excluding hydrogens is 366 g/mol. The van der Waals surface area contributed by atoms with Crippen LogP contribution in [-0.4, -0.2) is 4.98 Å². The third-order valence-corrected chi connectivity index (χ3v) is 6.02. The molecule has 150 valence electrons. The van der Waals surface area contributed by atoms with Crippen LogP contribution in [0.1, 0.15) is 51.7 Å². The fraction of sp³-hybridized carbons (Fsp3) is 0.250. The van der Waals surface area contributed by atoms with Gasteiger partial charge in [0.05, 0.1) is 0 Å². The summed E-state index contributed by atoms with van der Waals surface area (Å²) in [5.41, 5.74) is 6.46. The van der Waals surface area contributed by atoms with Crippen molar-refractivity contribution in [2.45, 2.75) is 46.0 Å². The van der Waals surface area contributed by atoms with Gasteiger partial charge in [0.25, 0.3) is 0 Å². The topological polar surface area (TPSA) is 26.0 Å². The zero-order chi connectivity index (χ0) is 21.0. The van der Waals surface area contributed by atoms with Gasteiger partial charge in [0.1, 0.15) is 11.3 Å². The predicted molar refractivity (Wildman–Crippen MR) is 127 cm³/mol. The van der Waals surface area contributed by atoms with E-state index in [1.54, 1.807) is 0 Å². The average Bonchev–Trinajstić information content (AvgIpc) is 3.10. The Hall–Kier alpha value is -3.13. The summed E-state index contributed by atoms with van der Waals surface area (Å²) in [7, 11) is 0. The summed E-state index contributed by atoms with van der Waals surface area (Å²) in [6.07, 6.45) is 1.90. The highest BCUT2D eigenvalue weighted by atomic mass is 16.3. The number of furan rings is 1. The highest BCUT2D eigenvalue weighted by Crippen LogP contribution is 2.39. The molecule has 0 saturated heterocycles. The van der Waals surface area contributed by atoms with Crippen molar-refractivity contribution in [2.75, 3.05) is 0 Å². The number of hydrogen-bond acceptors (Lipinski definition) is 2. The first-order valence-electron chi connectivity index (χ1n) is 10.7. The van der Waals surface area contributed by atoms with Crippen molar-refractivity contribution in [3.8, 4) is 11.3 Å². The fourth-order valence-electron chi connectivity index (χ4n) is 4.35. The first kappa shape index (κ1) is 18.9. The van der Waals surface area contributed by atoms with Gasteiger partial charge in [0.2, 0.25) is 0 Å². The Kier molecular flexibility index (Phi) is 4.21. The monoisotopic (exact) mass is 393 g/mol. The number of fused-ring (bicyclic) bond motifs is 4. The molecule has 0 atom stereocenters. The summed E-state index contributed by atoms with van der Waals surface area (Å²) >= 11 is 0. The van der Waals surface area contributed by atoms with Crippen LogP contribution < -0.4 is 0 Å². The van der Waals surface area contributed by atoms with E-state index >= 15 is 0 Å². The minimum atomic E-state index is 0.0313. The molecule has 0 bridgehead atoms. The van der Waals surface area contributed by atoms with Crippen LogP contribution in [0, 0.1) is 0 Å². The molecule has 0 aliphatic carbocycles. The summed E-state index contributed by atoms with van der Waals surface area (Å²) in [5.74, 6) is 0.468. The molecule has 2 heteroatoms. The van der Waals surface area contributed by atoms with Gasteiger partial charge in [-0.3, -0.25) is 4.98 Å². The van der Waals surface area contributed by atoms with Crippen LogP contribution in [0.3, 0.4) is 0 Å². The summed E-state index contributed by atoms with van der Waals surface area (Å²) < 4.78 is 6.40. The smallest absolute Gasteiger partial charge is 0.161 e. The molecule has 2 nitrogen and oxygen atoms in total. The molecular formula is C28H27NO. The lowest BCUT2D eigenvalue weighted by Gasteiger charge is -2.22. The highest BCUT2D eigenvalue weighted by Gasteiger charge is 2.20.